The summed E-state index contributed by atoms with van der Waals surface area (Å²) in [5.41, 5.74) is 2.35. The number of ether oxygens (including phenoxy) is 3. The molecule has 0 aliphatic carbocycles. The smallest absolute Gasteiger partial charge is 0.282 e. The number of fused-ring (bicyclic) bond motifs is 2. The fraction of sp³-hybridized carbons (Fsp3) is 0.222. The van der Waals surface area contributed by atoms with E-state index in [1.54, 1.807) is 12.3 Å². The minimum atomic E-state index is -0.178. The van der Waals surface area contributed by atoms with Crippen molar-refractivity contribution in [2.45, 2.75) is 32.8 Å². The predicted octanol–water partition coefficient (Wildman–Crippen LogP) is 5.69. The van der Waals surface area contributed by atoms with E-state index in [9.17, 15) is 4.79 Å². The van der Waals surface area contributed by atoms with Crippen LogP contribution in [0.4, 0.5) is 0 Å². The number of unbranched alkanes of at least 4 members (excludes halogenated alkanes) is 1. The fourth-order valence-corrected chi connectivity index (χ4v) is 4.14. The average Bonchev–Trinajstić information content (AvgIpc) is 3.35. The summed E-state index contributed by atoms with van der Waals surface area (Å²) in [5.74, 6) is 2.88. The van der Waals surface area contributed by atoms with Crippen LogP contribution in [0.15, 0.2) is 75.0 Å². The first kappa shape index (κ1) is 23.1. The van der Waals surface area contributed by atoms with E-state index in [2.05, 4.69) is 28.0 Å². The Hall–Kier alpha value is -3.65. The summed E-state index contributed by atoms with van der Waals surface area (Å²) >= 11 is 3.44. The van der Waals surface area contributed by atoms with Crippen molar-refractivity contribution in [2.24, 2.45) is 5.10 Å². The summed E-state index contributed by atoms with van der Waals surface area (Å²) in [4.78, 5) is 17.9. The zero-order valence-corrected chi connectivity index (χ0v) is 20.8. The summed E-state index contributed by atoms with van der Waals surface area (Å²) in [6.07, 6.45) is 4.29. The van der Waals surface area contributed by atoms with Gasteiger partial charge < -0.3 is 14.2 Å². The second-order valence-electron chi connectivity index (χ2n) is 8.20. The third kappa shape index (κ3) is 5.22. The molecule has 35 heavy (non-hydrogen) atoms. The van der Waals surface area contributed by atoms with E-state index in [0.29, 0.717) is 29.8 Å². The van der Waals surface area contributed by atoms with Crippen LogP contribution in [-0.4, -0.2) is 22.7 Å². The van der Waals surface area contributed by atoms with Gasteiger partial charge in [0.15, 0.2) is 11.5 Å². The van der Waals surface area contributed by atoms with Gasteiger partial charge >= 0.3 is 0 Å². The molecule has 1 aliphatic rings. The van der Waals surface area contributed by atoms with Gasteiger partial charge in [0.05, 0.1) is 17.1 Å². The molecule has 0 fully saturated rings. The Bertz CT molecular complexity index is 1450. The Morgan fingerprint density at radius 2 is 1.91 bits per heavy atom. The van der Waals surface area contributed by atoms with Crippen LogP contribution in [0.25, 0.3) is 10.9 Å². The molecule has 0 atom stereocenters. The van der Waals surface area contributed by atoms with E-state index >= 15 is 0 Å². The molecule has 0 N–H and O–H groups in total. The van der Waals surface area contributed by atoms with Gasteiger partial charge in [-0.05, 0) is 72.1 Å². The number of aryl methyl sites for hydroxylation is 1. The Balaban J connectivity index is 1.33. The molecule has 4 aromatic rings. The van der Waals surface area contributed by atoms with Gasteiger partial charge in [-0.25, -0.2) is 4.98 Å². The molecule has 3 aromatic carbocycles. The van der Waals surface area contributed by atoms with Gasteiger partial charge in [-0.15, -0.1) is 0 Å². The molecule has 0 spiro atoms. The highest BCUT2D eigenvalue weighted by Gasteiger charge is 2.13. The lowest BCUT2D eigenvalue weighted by molar-refractivity contribution is 0.174. The van der Waals surface area contributed by atoms with Crippen molar-refractivity contribution < 1.29 is 14.2 Å². The Morgan fingerprint density at radius 3 is 2.74 bits per heavy atom. The van der Waals surface area contributed by atoms with Gasteiger partial charge in [-0.3, -0.25) is 4.79 Å². The molecular weight excluding hydrogens is 510 g/mol. The molecule has 5 rings (SSSR count). The quantitative estimate of drug-likeness (QED) is 0.272. The molecule has 0 unspecified atom stereocenters. The maximum atomic E-state index is 13.2. The van der Waals surface area contributed by atoms with Crippen LogP contribution < -0.4 is 19.8 Å². The van der Waals surface area contributed by atoms with Crippen LogP contribution in [0.2, 0.25) is 0 Å². The van der Waals surface area contributed by atoms with E-state index < -0.39 is 0 Å². The largest absolute Gasteiger partial charge is 0.489 e. The monoisotopic (exact) mass is 533 g/mol. The number of hydrogen-bond acceptors (Lipinski definition) is 6. The van der Waals surface area contributed by atoms with Crippen LogP contribution in [-0.2, 0) is 13.0 Å². The van der Waals surface area contributed by atoms with E-state index in [4.69, 9.17) is 19.2 Å². The molecule has 1 aliphatic heterocycles. The third-order valence-corrected chi connectivity index (χ3v) is 6.17. The molecule has 0 amide bonds. The standard InChI is InChI=1S/C27H24BrN3O4/c1-2-3-4-26-30-23-11-8-20(28)14-22(23)27(32)31(26)29-15-18-5-9-21(10-6-18)33-16-19-7-12-24-25(13-19)35-17-34-24/h5-15H,2-4,16-17H2,1H3. The van der Waals surface area contributed by atoms with Crippen LogP contribution in [0.3, 0.4) is 0 Å². The molecule has 0 saturated carbocycles. The number of nitrogens with zero attached hydrogens (tertiary/aromatic N) is 3. The van der Waals surface area contributed by atoms with Gasteiger partial charge in [-0.2, -0.15) is 9.78 Å². The maximum absolute atomic E-state index is 13.2. The first-order valence-corrected chi connectivity index (χ1v) is 12.3. The number of hydrogen-bond donors (Lipinski definition) is 0. The first-order valence-electron chi connectivity index (χ1n) is 11.5. The van der Waals surface area contributed by atoms with Crippen molar-refractivity contribution in [1.29, 1.82) is 0 Å². The van der Waals surface area contributed by atoms with Crippen molar-refractivity contribution in [3.63, 3.8) is 0 Å². The molecular formula is C27H24BrN3O4. The Kier molecular flexibility index (Phi) is 6.81. The molecule has 0 saturated heterocycles. The van der Waals surface area contributed by atoms with E-state index in [0.717, 1.165) is 45.7 Å². The normalized spacial score (nSPS) is 12.5. The van der Waals surface area contributed by atoms with Crippen LogP contribution in [0.5, 0.6) is 17.2 Å². The minimum Gasteiger partial charge on any atom is -0.489 e. The van der Waals surface area contributed by atoms with Gasteiger partial charge in [-0.1, -0.05) is 35.3 Å². The summed E-state index contributed by atoms with van der Waals surface area (Å²) in [7, 11) is 0. The number of halogens is 1. The van der Waals surface area contributed by atoms with Gasteiger partial charge in [0.1, 0.15) is 18.2 Å². The first-order chi connectivity index (χ1) is 17.1. The Morgan fingerprint density at radius 1 is 1.09 bits per heavy atom. The predicted molar refractivity (Wildman–Crippen MR) is 139 cm³/mol. The van der Waals surface area contributed by atoms with E-state index in [1.807, 2.05) is 54.6 Å². The van der Waals surface area contributed by atoms with E-state index in [-0.39, 0.29) is 12.4 Å². The number of rotatable bonds is 8. The zero-order chi connectivity index (χ0) is 24.2. The van der Waals surface area contributed by atoms with Gasteiger partial charge in [0, 0.05) is 10.9 Å². The summed E-state index contributed by atoms with van der Waals surface area (Å²) < 4.78 is 18.9. The summed E-state index contributed by atoms with van der Waals surface area (Å²) in [5, 5.41) is 5.03. The highest BCUT2D eigenvalue weighted by atomic mass is 79.9. The second-order valence-corrected chi connectivity index (χ2v) is 9.12. The van der Waals surface area contributed by atoms with Crippen LogP contribution in [0, 0.1) is 0 Å². The van der Waals surface area contributed by atoms with Crippen molar-refractivity contribution in [1.82, 2.24) is 9.66 Å². The average molecular weight is 534 g/mol. The van der Waals surface area contributed by atoms with Crippen molar-refractivity contribution in [3.8, 4) is 17.2 Å². The molecule has 178 valence electrons. The van der Waals surface area contributed by atoms with Gasteiger partial charge in [0.2, 0.25) is 6.79 Å². The van der Waals surface area contributed by atoms with Crippen molar-refractivity contribution in [2.75, 3.05) is 6.79 Å². The number of aromatic nitrogens is 2. The second kappa shape index (κ2) is 10.3. The van der Waals surface area contributed by atoms with Crippen molar-refractivity contribution >= 4 is 33.0 Å². The van der Waals surface area contributed by atoms with Crippen LogP contribution in [0.1, 0.15) is 36.7 Å². The topological polar surface area (TPSA) is 74.9 Å². The molecule has 7 nitrogen and oxygen atoms in total. The highest BCUT2D eigenvalue weighted by Crippen LogP contribution is 2.32. The van der Waals surface area contributed by atoms with Crippen LogP contribution >= 0.6 is 15.9 Å². The minimum absolute atomic E-state index is 0.178. The lowest BCUT2D eigenvalue weighted by Crippen LogP contribution is -2.22. The lowest BCUT2D eigenvalue weighted by atomic mass is 10.2. The Labute approximate surface area is 211 Å². The lowest BCUT2D eigenvalue weighted by Gasteiger charge is -2.09. The number of benzene rings is 3. The van der Waals surface area contributed by atoms with Crippen molar-refractivity contribution in [3.05, 3.63) is 92.4 Å². The molecule has 8 heteroatoms. The summed E-state index contributed by atoms with van der Waals surface area (Å²) in [6, 6.07) is 18.9. The zero-order valence-electron chi connectivity index (χ0n) is 19.2. The third-order valence-electron chi connectivity index (χ3n) is 5.67. The molecule has 1 aromatic heterocycles. The molecule has 0 radical (unpaired) electrons. The highest BCUT2D eigenvalue weighted by molar-refractivity contribution is 9.10. The van der Waals surface area contributed by atoms with E-state index in [1.165, 1.54) is 4.68 Å². The maximum Gasteiger partial charge on any atom is 0.282 e. The fourth-order valence-electron chi connectivity index (χ4n) is 3.78. The van der Waals surface area contributed by atoms with Gasteiger partial charge in [0.25, 0.3) is 5.56 Å². The SMILES string of the molecule is CCCCc1nc2ccc(Br)cc2c(=O)n1N=Cc1ccc(OCc2ccc3c(c2)OCO3)cc1. The molecule has 2 heterocycles. The summed E-state index contributed by atoms with van der Waals surface area (Å²) in [6.45, 7) is 2.78. The molecule has 0 bridgehead atoms.